The molecule has 6 rings (SSSR count). The largest absolute Gasteiger partial charge is 0.416 e. The molecule has 6 heteroatoms. The van der Waals surface area contributed by atoms with Gasteiger partial charge in [-0.05, 0) is 59.9 Å². The molecule has 3 aromatic carbocycles. The van der Waals surface area contributed by atoms with Crippen LogP contribution in [0.2, 0.25) is 0 Å². The van der Waals surface area contributed by atoms with Gasteiger partial charge in [0.15, 0.2) is 0 Å². The molecule has 0 saturated heterocycles. The Kier molecular flexibility index (Phi) is 5.36. The van der Waals surface area contributed by atoms with Crippen molar-refractivity contribution in [2.45, 2.75) is 60.5 Å². The lowest BCUT2D eigenvalue weighted by atomic mass is 9.93. The molecule has 2 N–H and O–H groups in total. The summed E-state index contributed by atoms with van der Waals surface area (Å²) in [7, 11) is 0. The molecule has 2 nitrogen and oxygen atoms in total. The molecular formula is C28H25F3N2S. The van der Waals surface area contributed by atoms with E-state index < -0.39 is 11.7 Å². The first-order chi connectivity index (χ1) is 16.4. The van der Waals surface area contributed by atoms with Crippen LogP contribution in [0.1, 0.15) is 48.8 Å². The zero-order valence-electron chi connectivity index (χ0n) is 18.6. The molecule has 174 valence electrons. The van der Waals surface area contributed by atoms with Crippen molar-refractivity contribution in [3.63, 3.8) is 0 Å². The Morgan fingerprint density at radius 1 is 0.882 bits per heavy atom. The lowest BCUT2D eigenvalue weighted by molar-refractivity contribution is -0.137. The summed E-state index contributed by atoms with van der Waals surface area (Å²) in [5, 5.41) is 4.63. The van der Waals surface area contributed by atoms with Crippen molar-refractivity contribution in [2.24, 2.45) is 0 Å². The van der Waals surface area contributed by atoms with Gasteiger partial charge in [-0.1, -0.05) is 61.4 Å². The second-order valence-electron chi connectivity index (χ2n) is 9.35. The van der Waals surface area contributed by atoms with Gasteiger partial charge in [-0.15, -0.1) is 0 Å². The Morgan fingerprint density at radius 3 is 2.50 bits per heavy atom. The van der Waals surface area contributed by atoms with E-state index in [1.807, 2.05) is 18.2 Å². The number of fused-ring (bicyclic) bond motifs is 3. The maximum Gasteiger partial charge on any atom is 0.416 e. The van der Waals surface area contributed by atoms with E-state index in [0.29, 0.717) is 17.0 Å². The lowest BCUT2D eigenvalue weighted by Gasteiger charge is -2.29. The van der Waals surface area contributed by atoms with E-state index in [0.717, 1.165) is 63.9 Å². The maximum absolute atomic E-state index is 13.8. The van der Waals surface area contributed by atoms with Crippen LogP contribution in [0.5, 0.6) is 0 Å². The highest BCUT2D eigenvalue weighted by Gasteiger charge is 2.34. The van der Waals surface area contributed by atoms with Crippen LogP contribution in [0.15, 0.2) is 70.5 Å². The molecule has 0 spiro atoms. The van der Waals surface area contributed by atoms with Crippen LogP contribution in [0.4, 0.5) is 18.9 Å². The molecule has 34 heavy (non-hydrogen) atoms. The van der Waals surface area contributed by atoms with Gasteiger partial charge >= 0.3 is 6.18 Å². The van der Waals surface area contributed by atoms with E-state index in [-0.39, 0.29) is 6.04 Å². The minimum Gasteiger partial charge on any atom is -0.382 e. The third-order valence-corrected chi connectivity index (χ3v) is 8.18. The summed E-state index contributed by atoms with van der Waals surface area (Å²) in [6.07, 6.45) is 1.77. The van der Waals surface area contributed by atoms with Crippen molar-refractivity contribution in [3.8, 4) is 11.3 Å². The minimum atomic E-state index is -4.37. The van der Waals surface area contributed by atoms with E-state index >= 15 is 0 Å². The summed E-state index contributed by atoms with van der Waals surface area (Å²) < 4.78 is 41.3. The predicted octanol–water partition coefficient (Wildman–Crippen LogP) is 8.65. The number of anilines is 1. The number of nitrogens with one attached hydrogen (secondary N) is 2. The first kappa shape index (κ1) is 21.7. The molecule has 2 heterocycles. The molecule has 1 saturated carbocycles. The number of hydrogen-bond acceptors (Lipinski definition) is 2. The Morgan fingerprint density at radius 2 is 1.71 bits per heavy atom. The molecule has 1 aliphatic carbocycles. The van der Waals surface area contributed by atoms with Crippen molar-refractivity contribution < 1.29 is 13.2 Å². The van der Waals surface area contributed by atoms with Gasteiger partial charge < -0.3 is 10.3 Å². The molecule has 0 unspecified atom stereocenters. The fourth-order valence-electron chi connectivity index (χ4n) is 5.18. The third-order valence-electron chi connectivity index (χ3n) is 7.00. The molecule has 0 radical (unpaired) electrons. The van der Waals surface area contributed by atoms with Gasteiger partial charge in [-0.2, -0.15) is 13.2 Å². The van der Waals surface area contributed by atoms with Crippen molar-refractivity contribution in [1.82, 2.24) is 4.98 Å². The number of hydrogen-bond donors (Lipinski definition) is 2. The number of rotatable bonds is 3. The molecule has 0 atom stereocenters. The number of aromatic nitrogens is 1. The number of para-hydroxylation sites is 1. The molecule has 0 amide bonds. The van der Waals surface area contributed by atoms with E-state index in [1.54, 1.807) is 0 Å². The van der Waals surface area contributed by atoms with Gasteiger partial charge in [0.1, 0.15) is 0 Å². The fraction of sp³-hybridized carbons (Fsp3) is 0.286. The zero-order chi connectivity index (χ0) is 23.3. The molecule has 4 aromatic rings. The number of halogens is 3. The SMILES string of the molecule is FC(F)(F)c1cc(NC2CCCCC2)c2c(c1)Sc1cc(-c3cc4ccccc4[nH]3)ccc1C2. The summed E-state index contributed by atoms with van der Waals surface area (Å²) in [4.78, 5) is 5.18. The molecule has 2 aliphatic rings. The lowest BCUT2D eigenvalue weighted by Crippen LogP contribution is -2.24. The molecule has 1 aromatic heterocycles. The second-order valence-corrected chi connectivity index (χ2v) is 10.4. The van der Waals surface area contributed by atoms with Gasteiger partial charge in [0, 0.05) is 44.5 Å². The maximum atomic E-state index is 13.8. The van der Waals surface area contributed by atoms with E-state index in [4.69, 9.17) is 0 Å². The highest BCUT2D eigenvalue weighted by molar-refractivity contribution is 7.99. The van der Waals surface area contributed by atoms with Gasteiger partial charge in [-0.3, -0.25) is 0 Å². The molecule has 1 aliphatic heterocycles. The van der Waals surface area contributed by atoms with Crippen molar-refractivity contribution in [1.29, 1.82) is 0 Å². The normalized spacial score (nSPS) is 16.3. The van der Waals surface area contributed by atoms with Gasteiger partial charge in [-0.25, -0.2) is 0 Å². The Labute approximate surface area is 201 Å². The number of aromatic amines is 1. The predicted molar refractivity (Wildman–Crippen MR) is 133 cm³/mol. The second kappa shape index (κ2) is 8.42. The first-order valence-corrected chi connectivity index (χ1v) is 12.7. The van der Waals surface area contributed by atoms with E-state index in [2.05, 4.69) is 40.6 Å². The van der Waals surface area contributed by atoms with Crippen LogP contribution >= 0.6 is 11.8 Å². The Bertz CT molecular complexity index is 1330. The molecular weight excluding hydrogens is 453 g/mol. The topological polar surface area (TPSA) is 27.8 Å². The Hall–Kier alpha value is -2.86. The average molecular weight is 479 g/mol. The van der Waals surface area contributed by atoms with Crippen LogP contribution in [0.3, 0.4) is 0 Å². The quantitative estimate of drug-likeness (QED) is 0.272. The van der Waals surface area contributed by atoms with Gasteiger partial charge in [0.2, 0.25) is 0 Å². The van der Waals surface area contributed by atoms with Gasteiger partial charge in [0.25, 0.3) is 0 Å². The molecule has 1 fully saturated rings. The monoisotopic (exact) mass is 478 g/mol. The van der Waals surface area contributed by atoms with E-state index in [1.165, 1.54) is 30.3 Å². The highest BCUT2D eigenvalue weighted by Crippen LogP contribution is 2.46. The summed E-state index contributed by atoms with van der Waals surface area (Å²) in [6.45, 7) is 0. The summed E-state index contributed by atoms with van der Waals surface area (Å²) in [5.74, 6) is 0. The fourth-order valence-corrected chi connectivity index (χ4v) is 6.36. The minimum absolute atomic E-state index is 0.247. The van der Waals surface area contributed by atoms with Gasteiger partial charge in [0.05, 0.1) is 5.56 Å². The summed E-state index contributed by atoms with van der Waals surface area (Å²) in [6, 6.07) is 19.5. The number of alkyl halides is 3. The standard InChI is InChI=1S/C28H25F3N2S/c29-28(30,31)20-15-25(32-21-7-2-1-3-8-21)22-12-19-11-10-18(14-26(19)34-27(22)16-20)24-13-17-6-4-5-9-23(17)33-24/h4-6,9-11,13-16,21,32-33H,1-3,7-8,12H2. The van der Waals surface area contributed by atoms with Crippen molar-refractivity contribution in [3.05, 3.63) is 77.4 Å². The van der Waals surface area contributed by atoms with Crippen molar-refractivity contribution in [2.75, 3.05) is 5.32 Å². The highest BCUT2D eigenvalue weighted by atomic mass is 32.2. The van der Waals surface area contributed by atoms with Crippen LogP contribution < -0.4 is 5.32 Å². The van der Waals surface area contributed by atoms with Crippen LogP contribution in [0.25, 0.3) is 22.2 Å². The zero-order valence-corrected chi connectivity index (χ0v) is 19.5. The smallest absolute Gasteiger partial charge is 0.382 e. The van der Waals surface area contributed by atoms with Crippen LogP contribution in [-0.2, 0) is 12.6 Å². The molecule has 0 bridgehead atoms. The number of benzene rings is 3. The van der Waals surface area contributed by atoms with Crippen molar-refractivity contribution >= 4 is 28.4 Å². The summed E-state index contributed by atoms with van der Waals surface area (Å²) >= 11 is 1.45. The van der Waals surface area contributed by atoms with Crippen LogP contribution in [0, 0.1) is 0 Å². The van der Waals surface area contributed by atoms with E-state index in [9.17, 15) is 13.2 Å². The average Bonchev–Trinajstić information content (AvgIpc) is 3.27. The third kappa shape index (κ3) is 4.09. The number of H-pyrrole nitrogens is 1. The van der Waals surface area contributed by atoms with Crippen LogP contribution in [-0.4, -0.2) is 11.0 Å². The summed E-state index contributed by atoms with van der Waals surface area (Å²) in [5.41, 5.74) is 5.33. The Balaban J connectivity index is 1.37. The first-order valence-electron chi connectivity index (χ1n) is 11.8.